The quantitative estimate of drug-likeness (QED) is 0.0319. The highest BCUT2D eigenvalue weighted by Crippen LogP contribution is 2.38. The molecule has 6 aromatic carbocycles. The molecule has 2 fully saturated rings. The number of imidazole rings is 5. The van der Waals surface area contributed by atoms with Crippen molar-refractivity contribution in [3.63, 3.8) is 0 Å². The average molecular weight is 1550 g/mol. The number of aryl methyl sites for hydroxylation is 5. The maximum Gasteiger partial charge on any atom is 0.154 e. The van der Waals surface area contributed by atoms with E-state index in [1.165, 1.54) is 188 Å². The molecular weight excluding hydrogens is 1430 g/mol. The van der Waals surface area contributed by atoms with Crippen LogP contribution >= 0.6 is 0 Å². The van der Waals surface area contributed by atoms with Crippen LogP contribution in [0.5, 0.6) is 0 Å². The van der Waals surface area contributed by atoms with Crippen LogP contribution < -0.4 is 26.6 Å². The first-order chi connectivity index (χ1) is 57.0. The first-order valence-corrected chi connectivity index (χ1v) is 43.2. The Labute approximate surface area is 683 Å². The summed E-state index contributed by atoms with van der Waals surface area (Å²) in [4.78, 5) is 47.3. The normalized spacial score (nSPS) is 13.3. The number of pyridine rings is 5. The van der Waals surface area contributed by atoms with E-state index in [-0.39, 0.29) is 0 Å². The van der Waals surface area contributed by atoms with Gasteiger partial charge in [0.15, 0.2) is 29.1 Å². The van der Waals surface area contributed by atoms with Crippen LogP contribution in [0, 0.1) is 24.7 Å². The molecule has 2 aliphatic rings. The number of rotatable bonds is 26. The number of hydrogen-bond donors (Lipinski definition) is 5. The summed E-state index contributed by atoms with van der Waals surface area (Å²) in [6.07, 6.45) is 34.4. The summed E-state index contributed by atoms with van der Waals surface area (Å²) in [5, 5.41) is 21.9. The molecule has 0 spiro atoms. The molecule has 20 nitrogen and oxygen atoms in total. The maximum absolute atomic E-state index is 5.04. The molecule has 2 aliphatic carbocycles. The zero-order valence-electron chi connectivity index (χ0n) is 70.2. The largest absolute Gasteiger partial charge is 0.371 e. The van der Waals surface area contributed by atoms with Gasteiger partial charge < -0.3 is 49.4 Å². The summed E-state index contributed by atoms with van der Waals surface area (Å²) < 4.78 is 11.7. The molecule has 0 saturated heterocycles. The second kappa shape index (κ2) is 39.4. The van der Waals surface area contributed by atoms with Crippen molar-refractivity contribution in [1.29, 1.82) is 0 Å². The highest BCUT2D eigenvalue weighted by molar-refractivity contribution is 6.10. The van der Waals surface area contributed by atoms with Crippen LogP contribution in [-0.2, 0) is 45.6 Å². The summed E-state index contributed by atoms with van der Waals surface area (Å²) in [6, 6.07) is 52.4. The van der Waals surface area contributed by atoms with Gasteiger partial charge in [-0.15, -0.1) is 0 Å². The van der Waals surface area contributed by atoms with Crippen molar-refractivity contribution >= 4 is 139 Å². The number of fused-ring (bicyclic) bond motifs is 15. The highest BCUT2D eigenvalue weighted by atomic mass is 15.1. The predicted octanol–water partition coefficient (Wildman–Crippen LogP) is 23.0. The third-order valence-electron chi connectivity index (χ3n) is 23.4. The second-order valence-electron chi connectivity index (χ2n) is 32.0. The Kier molecular flexibility index (Phi) is 27.6. The van der Waals surface area contributed by atoms with Gasteiger partial charge in [-0.1, -0.05) is 239 Å². The molecule has 0 radical (unpaired) electrons. The summed E-state index contributed by atoms with van der Waals surface area (Å²) in [5.41, 5.74) is 17.4. The van der Waals surface area contributed by atoms with Gasteiger partial charge in [-0.3, -0.25) is 0 Å². The molecule has 20 heteroatoms. The number of nitrogens with zero attached hydrogens (tertiary/aromatic N) is 15. The summed E-state index contributed by atoms with van der Waals surface area (Å²) in [6.45, 7) is 16.3. The van der Waals surface area contributed by atoms with Crippen molar-refractivity contribution in [1.82, 2.24) is 72.7 Å². The molecule has 10 aromatic heterocycles. The Morgan fingerprint density at radius 2 is 0.690 bits per heavy atom. The van der Waals surface area contributed by atoms with E-state index in [0.29, 0.717) is 5.92 Å². The number of para-hydroxylation sites is 5. The van der Waals surface area contributed by atoms with Gasteiger partial charge >= 0.3 is 0 Å². The molecule has 18 rings (SSSR count). The maximum atomic E-state index is 5.04. The Morgan fingerprint density at radius 1 is 0.345 bits per heavy atom. The third kappa shape index (κ3) is 18.5. The highest BCUT2D eigenvalue weighted by Gasteiger charge is 2.24. The molecule has 2 saturated carbocycles. The standard InChI is InChI=1S/C23H26N4.C19H24N4.C19H26N4.C18H22N4.C17H22N4/c1-16(2)15-27-20(14-13-17-9-5-4-6-10-17)26-21-22(27)18-11-7-8-12-19(18)25-23(21)24-3;1-13-21-17-18(23(13)12-14-8-4-3-5-9-14)15-10-6-7-11-16(15)22-19(17)20-2;1-3-4-5-6-7-10-13-23-14-21-17-18(23)15-11-8-9-12-16(15)22-19(17)20-2;1-19-18-16-17(14-9-5-6-10-15(14)21-18)22(12-20-16)11-13-7-3-2-4-8-13;1-3-4-5-8-11-21-12-19-15-16(21)13-9-6-7-10-14(13)20-17(15)18-2/h4-12,16H,13-15H2,1-3H3,(H,24,25);6-7,10-11,14H,3-5,8-9,12H2,1-2H3,(H,20,22);8-9,11-12,14H,3-7,10,13H2,1-2H3,(H,20,22);5-6,9-10,12-13H,2-4,7-8,11H2,1H3,(H,19,21);6-7,9-10,12H,3-5,8,11H2,1-2H3,(H,18,20). The minimum absolute atomic E-state index is 0.544. The Morgan fingerprint density at radius 3 is 1.11 bits per heavy atom. The van der Waals surface area contributed by atoms with Crippen LogP contribution in [0.3, 0.4) is 0 Å². The van der Waals surface area contributed by atoms with Gasteiger partial charge in [0.2, 0.25) is 0 Å². The molecule has 0 aliphatic heterocycles. The molecule has 16 aromatic rings. The van der Waals surface area contributed by atoms with Crippen molar-refractivity contribution in [2.75, 3.05) is 61.8 Å². The van der Waals surface area contributed by atoms with Gasteiger partial charge in [0, 0.05) is 101 Å². The minimum Gasteiger partial charge on any atom is -0.371 e. The Balaban J connectivity index is 0.000000120. The zero-order valence-corrected chi connectivity index (χ0v) is 70.2. The first kappa shape index (κ1) is 81.3. The zero-order chi connectivity index (χ0) is 80.3. The van der Waals surface area contributed by atoms with Crippen LogP contribution in [0.1, 0.15) is 173 Å². The van der Waals surface area contributed by atoms with Gasteiger partial charge in [-0.05, 0) is 106 Å². The van der Waals surface area contributed by atoms with Crippen molar-refractivity contribution in [2.24, 2.45) is 17.8 Å². The molecule has 10 heterocycles. The van der Waals surface area contributed by atoms with Crippen molar-refractivity contribution in [3.05, 3.63) is 188 Å². The molecule has 604 valence electrons. The van der Waals surface area contributed by atoms with E-state index in [9.17, 15) is 0 Å². The van der Waals surface area contributed by atoms with Crippen LogP contribution in [0.25, 0.3) is 110 Å². The molecular formula is C96H120N20. The fraction of sp³-hybridized carbons (Fsp3) is 0.417. The number of benzene rings is 6. The van der Waals surface area contributed by atoms with Crippen molar-refractivity contribution < 1.29 is 0 Å². The Hall–Kier alpha value is -11.3. The van der Waals surface area contributed by atoms with Gasteiger partial charge in [-0.25, -0.2) is 49.8 Å². The van der Waals surface area contributed by atoms with Crippen molar-refractivity contribution in [2.45, 2.75) is 209 Å². The van der Waals surface area contributed by atoms with E-state index in [1.54, 1.807) is 0 Å². The van der Waals surface area contributed by atoms with Crippen LogP contribution in [0.15, 0.2) is 171 Å². The third-order valence-corrected chi connectivity index (χ3v) is 23.4. The summed E-state index contributed by atoms with van der Waals surface area (Å²) in [5.74, 6) is 8.67. The topological polar surface area (TPSA) is 214 Å². The van der Waals surface area contributed by atoms with Crippen LogP contribution in [0.4, 0.5) is 29.1 Å². The molecule has 5 N–H and O–H groups in total. The number of anilines is 5. The number of unbranched alkanes of at least 4 members (excludes halogenated alkanes) is 8. The minimum atomic E-state index is 0.544. The molecule has 116 heavy (non-hydrogen) atoms. The van der Waals surface area contributed by atoms with E-state index in [2.05, 4.69) is 236 Å². The molecule has 0 atom stereocenters. The SMILES string of the molecule is CCCCCCCCn1cnc2c(NC)nc3ccccc3c21.CCCCCCn1cnc2c(NC)nc3ccccc3c21.CNc1nc2ccccc2c2c1nc(C)n2CC1CCCCC1.CNc1nc2ccccc2c2c1nc(CCc1ccccc1)n2CC(C)C.CNc1nc2ccccc2c2c1ncn2CC1CCCCC1. The van der Waals surface area contributed by atoms with Gasteiger partial charge in [0.05, 0.1) is 74.1 Å². The van der Waals surface area contributed by atoms with Crippen molar-refractivity contribution in [3.8, 4) is 0 Å². The Bertz CT molecular complexity index is 5890. The van der Waals surface area contributed by atoms with Gasteiger partial charge in [0.1, 0.15) is 39.2 Å². The van der Waals surface area contributed by atoms with E-state index < -0.39 is 0 Å². The molecule has 0 unspecified atom stereocenters. The lowest BCUT2D eigenvalue weighted by Gasteiger charge is -2.23. The molecule has 0 amide bonds. The lowest BCUT2D eigenvalue weighted by atomic mass is 9.89. The van der Waals surface area contributed by atoms with E-state index in [0.717, 1.165) is 153 Å². The number of nitrogens with one attached hydrogen (secondary N) is 5. The fourth-order valence-electron chi connectivity index (χ4n) is 17.5. The van der Waals surface area contributed by atoms with Crippen LogP contribution in [0.2, 0.25) is 0 Å². The smallest absolute Gasteiger partial charge is 0.154 e. The fourth-order valence-corrected chi connectivity index (χ4v) is 17.5. The summed E-state index contributed by atoms with van der Waals surface area (Å²) >= 11 is 0. The first-order valence-electron chi connectivity index (χ1n) is 43.2. The molecule has 0 bridgehead atoms. The van der Waals surface area contributed by atoms with E-state index >= 15 is 0 Å². The van der Waals surface area contributed by atoms with Gasteiger partial charge in [0.25, 0.3) is 0 Å². The number of hydrogen-bond acceptors (Lipinski definition) is 15. The average Bonchev–Trinajstić information content (AvgIpc) is 1.60. The van der Waals surface area contributed by atoms with E-state index in [1.807, 2.05) is 78.5 Å². The van der Waals surface area contributed by atoms with E-state index in [4.69, 9.17) is 24.9 Å². The van der Waals surface area contributed by atoms with Crippen LogP contribution in [-0.4, -0.2) is 108 Å². The predicted molar refractivity (Wildman–Crippen MR) is 487 cm³/mol. The second-order valence-corrected chi connectivity index (χ2v) is 32.0. The lowest BCUT2D eigenvalue weighted by Crippen LogP contribution is -2.15. The van der Waals surface area contributed by atoms with Gasteiger partial charge in [-0.2, -0.15) is 0 Å². The number of aromatic nitrogens is 15. The monoisotopic (exact) mass is 1550 g/mol. The summed E-state index contributed by atoms with van der Waals surface area (Å²) in [7, 11) is 9.56. The lowest BCUT2D eigenvalue weighted by molar-refractivity contribution is 0.320.